The summed E-state index contributed by atoms with van der Waals surface area (Å²) in [4.78, 5) is 23.6. The van der Waals surface area contributed by atoms with E-state index in [1.165, 1.54) is 5.56 Å². The second-order valence-electron chi connectivity index (χ2n) is 8.65. The molecule has 0 amide bonds. The number of aliphatic hydroxyl groups is 2. The molecule has 0 saturated carbocycles. The van der Waals surface area contributed by atoms with Gasteiger partial charge in [-0.25, -0.2) is 0 Å². The number of carbonyl (C=O) groups is 2. The molecule has 0 aliphatic carbocycles. The van der Waals surface area contributed by atoms with E-state index in [4.69, 9.17) is 29.2 Å². The zero-order valence-electron chi connectivity index (χ0n) is 22.8. The predicted octanol–water partition coefficient (Wildman–Crippen LogP) is 4.31. The quantitative estimate of drug-likeness (QED) is 0.166. The fraction of sp³-hybridized carbons (Fsp3) is 0.533. The van der Waals surface area contributed by atoms with Gasteiger partial charge in [-0.1, -0.05) is 60.7 Å². The Balaban J connectivity index is 0.000000399. The van der Waals surface area contributed by atoms with Crippen LogP contribution in [0.15, 0.2) is 60.7 Å². The Kier molecular flexibility index (Phi) is 19.4. The smallest absolute Gasteiger partial charge is 0.320 e. The molecule has 8 heteroatoms. The molecule has 212 valence electrons. The van der Waals surface area contributed by atoms with Crippen LogP contribution in [0, 0.1) is 11.8 Å². The number of benzene rings is 2. The molecule has 2 N–H and O–H groups in total. The molecule has 2 aromatic rings. The lowest BCUT2D eigenvalue weighted by Gasteiger charge is -2.14. The van der Waals surface area contributed by atoms with Crippen molar-refractivity contribution in [3.05, 3.63) is 71.8 Å². The Labute approximate surface area is 226 Å². The largest absolute Gasteiger partial charge is 0.465 e. The minimum Gasteiger partial charge on any atom is -0.465 e. The summed E-state index contributed by atoms with van der Waals surface area (Å²) in [5, 5.41) is 17.7. The number of hydrogen-bond donors (Lipinski definition) is 2. The van der Waals surface area contributed by atoms with Crippen molar-refractivity contribution in [3.63, 3.8) is 0 Å². The highest BCUT2D eigenvalue weighted by Gasteiger charge is 2.28. The molecular weight excluding hydrogens is 488 g/mol. The third kappa shape index (κ3) is 15.5. The van der Waals surface area contributed by atoms with Crippen LogP contribution < -0.4 is 0 Å². The van der Waals surface area contributed by atoms with Crippen molar-refractivity contribution in [1.82, 2.24) is 0 Å². The molecular formula is C30H44O8. The molecule has 0 radical (unpaired) electrons. The second kappa shape index (κ2) is 22.2. The van der Waals surface area contributed by atoms with Crippen LogP contribution in [0.4, 0.5) is 0 Å². The summed E-state index contributed by atoms with van der Waals surface area (Å²) in [6.07, 6.45) is 2.64. The molecule has 2 aromatic carbocycles. The minimum atomic E-state index is -0.861. The van der Waals surface area contributed by atoms with Crippen molar-refractivity contribution in [2.45, 2.75) is 52.7 Å². The van der Waals surface area contributed by atoms with Gasteiger partial charge in [0.1, 0.15) is 0 Å². The van der Waals surface area contributed by atoms with E-state index in [2.05, 4.69) is 0 Å². The van der Waals surface area contributed by atoms with E-state index in [0.717, 1.165) is 18.4 Å². The highest BCUT2D eigenvalue weighted by Crippen LogP contribution is 2.12. The zero-order chi connectivity index (χ0) is 27.8. The van der Waals surface area contributed by atoms with E-state index in [-0.39, 0.29) is 32.3 Å². The molecule has 2 rings (SSSR count). The Morgan fingerprint density at radius 2 is 1.11 bits per heavy atom. The number of aliphatic hydroxyl groups excluding tert-OH is 2. The third-order valence-corrected chi connectivity index (χ3v) is 5.56. The molecule has 0 bridgehead atoms. The Morgan fingerprint density at radius 1 is 0.684 bits per heavy atom. The topological polar surface area (TPSA) is 112 Å². The van der Waals surface area contributed by atoms with Crippen LogP contribution >= 0.6 is 0 Å². The van der Waals surface area contributed by atoms with Crippen LogP contribution in [-0.2, 0) is 41.8 Å². The van der Waals surface area contributed by atoms with E-state index in [9.17, 15) is 9.59 Å². The number of esters is 2. The molecule has 0 saturated heterocycles. The fourth-order valence-corrected chi connectivity index (χ4v) is 3.45. The van der Waals surface area contributed by atoms with Crippen molar-refractivity contribution in [3.8, 4) is 0 Å². The van der Waals surface area contributed by atoms with Crippen molar-refractivity contribution < 1.29 is 38.7 Å². The Hall–Kier alpha value is -2.78. The molecule has 0 aromatic heterocycles. The lowest BCUT2D eigenvalue weighted by Crippen LogP contribution is -2.28. The van der Waals surface area contributed by atoms with Gasteiger partial charge < -0.3 is 29.2 Å². The molecule has 0 fully saturated rings. The van der Waals surface area contributed by atoms with E-state index in [1.54, 1.807) is 13.8 Å². The number of rotatable bonds is 18. The lowest BCUT2D eigenvalue weighted by molar-refractivity contribution is -0.162. The standard InChI is InChI=1S/C17H24O5.C13H20O3/c1-3-21-16(18)15(17(19)22-4-2)11-8-12-20-13-14-9-6-5-7-10-14;14-9-13(10-15)7-4-8-16-11-12-5-2-1-3-6-12/h5-7,9-10,15H,3-4,8,11-13H2,1-2H3;1-3,5-6,13-15H,4,7-11H2. The summed E-state index contributed by atoms with van der Waals surface area (Å²) < 4.78 is 20.9. The first-order chi connectivity index (χ1) is 18.5. The summed E-state index contributed by atoms with van der Waals surface area (Å²) in [5.74, 6) is -1.91. The average Bonchev–Trinajstić information content (AvgIpc) is 2.94. The van der Waals surface area contributed by atoms with Crippen LogP contribution in [0.3, 0.4) is 0 Å². The fourth-order valence-electron chi connectivity index (χ4n) is 3.45. The summed E-state index contributed by atoms with van der Waals surface area (Å²) in [6, 6.07) is 19.9. The van der Waals surface area contributed by atoms with Gasteiger partial charge in [0.2, 0.25) is 0 Å². The normalized spacial score (nSPS) is 10.7. The molecule has 0 aliphatic rings. The van der Waals surface area contributed by atoms with Gasteiger partial charge in [0, 0.05) is 32.3 Å². The third-order valence-electron chi connectivity index (χ3n) is 5.56. The van der Waals surface area contributed by atoms with Gasteiger partial charge in [-0.15, -0.1) is 0 Å². The molecule has 0 aliphatic heterocycles. The Bertz CT molecular complexity index is 822. The average molecular weight is 533 g/mol. The maximum atomic E-state index is 11.8. The van der Waals surface area contributed by atoms with Crippen LogP contribution in [0.25, 0.3) is 0 Å². The Morgan fingerprint density at radius 3 is 1.50 bits per heavy atom. The first kappa shape index (κ1) is 33.2. The van der Waals surface area contributed by atoms with Crippen LogP contribution in [0.2, 0.25) is 0 Å². The number of ether oxygens (including phenoxy) is 4. The molecule has 8 nitrogen and oxygen atoms in total. The van der Waals surface area contributed by atoms with Crippen LogP contribution in [0.5, 0.6) is 0 Å². The zero-order valence-corrected chi connectivity index (χ0v) is 22.8. The van der Waals surface area contributed by atoms with Crippen molar-refractivity contribution in [2.24, 2.45) is 11.8 Å². The van der Waals surface area contributed by atoms with Gasteiger partial charge in [-0.05, 0) is 50.7 Å². The molecule has 0 spiro atoms. The van der Waals surface area contributed by atoms with Gasteiger partial charge in [0.15, 0.2) is 5.92 Å². The van der Waals surface area contributed by atoms with E-state index in [1.807, 2.05) is 60.7 Å². The van der Waals surface area contributed by atoms with Crippen LogP contribution in [-0.4, -0.2) is 61.8 Å². The first-order valence-corrected chi connectivity index (χ1v) is 13.3. The summed E-state index contributed by atoms with van der Waals surface area (Å²) in [5.41, 5.74) is 2.26. The predicted molar refractivity (Wildman–Crippen MR) is 145 cm³/mol. The SMILES string of the molecule is CCOC(=O)C(CCCOCc1ccccc1)C(=O)OCC.OCC(CO)CCCOCc1ccccc1. The summed E-state index contributed by atoms with van der Waals surface area (Å²) >= 11 is 0. The van der Waals surface area contributed by atoms with E-state index < -0.39 is 17.9 Å². The lowest BCUT2D eigenvalue weighted by atomic mass is 10.0. The van der Waals surface area contributed by atoms with E-state index >= 15 is 0 Å². The van der Waals surface area contributed by atoms with Crippen LogP contribution in [0.1, 0.15) is 50.7 Å². The molecule has 0 atom stereocenters. The van der Waals surface area contributed by atoms with E-state index in [0.29, 0.717) is 39.3 Å². The van der Waals surface area contributed by atoms with Gasteiger partial charge in [0.05, 0.1) is 26.4 Å². The number of hydrogen-bond acceptors (Lipinski definition) is 8. The number of carbonyl (C=O) groups excluding carboxylic acids is 2. The summed E-state index contributed by atoms with van der Waals surface area (Å²) in [6.45, 7) is 6.32. The monoisotopic (exact) mass is 532 g/mol. The maximum absolute atomic E-state index is 11.8. The summed E-state index contributed by atoms with van der Waals surface area (Å²) in [7, 11) is 0. The molecule has 0 unspecified atom stereocenters. The second-order valence-corrected chi connectivity index (χ2v) is 8.65. The highest BCUT2D eigenvalue weighted by molar-refractivity contribution is 5.94. The molecule has 0 heterocycles. The molecule has 38 heavy (non-hydrogen) atoms. The minimum absolute atomic E-state index is 0.000301. The van der Waals surface area contributed by atoms with Gasteiger partial charge in [-0.2, -0.15) is 0 Å². The van der Waals surface area contributed by atoms with Gasteiger partial charge >= 0.3 is 11.9 Å². The maximum Gasteiger partial charge on any atom is 0.320 e. The van der Waals surface area contributed by atoms with Crippen molar-refractivity contribution in [1.29, 1.82) is 0 Å². The van der Waals surface area contributed by atoms with Gasteiger partial charge in [0.25, 0.3) is 0 Å². The van der Waals surface area contributed by atoms with Crippen molar-refractivity contribution in [2.75, 3.05) is 39.6 Å². The van der Waals surface area contributed by atoms with Gasteiger partial charge in [-0.3, -0.25) is 9.59 Å². The first-order valence-electron chi connectivity index (χ1n) is 13.3. The highest BCUT2D eigenvalue weighted by atomic mass is 16.6. The van der Waals surface area contributed by atoms with Crippen molar-refractivity contribution >= 4 is 11.9 Å².